The second-order valence-corrected chi connectivity index (χ2v) is 9.19. The number of carbonyl (C=O) groups excluding carboxylic acids is 4. The molecule has 0 bridgehead atoms. The van der Waals surface area contributed by atoms with Gasteiger partial charge in [0.2, 0.25) is 0 Å². The predicted molar refractivity (Wildman–Crippen MR) is 137 cm³/mol. The fourth-order valence-electron chi connectivity index (χ4n) is 4.49. The Bertz CT molecular complexity index is 1200. The van der Waals surface area contributed by atoms with Crippen molar-refractivity contribution in [2.24, 2.45) is 0 Å². The highest BCUT2D eigenvalue weighted by molar-refractivity contribution is 6.53. The van der Waals surface area contributed by atoms with E-state index in [1.165, 1.54) is 30.7 Å². The number of hydrogen-bond acceptors (Lipinski definition) is 6. The zero-order valence-corrected chi connectivity index (χ0v) is 21.0. The number of anilines is 2. The average Bonchev–Trinajstić information content (AvgIpc) is 3.12. The first-order valence-corrected chi connectivity index (χ1v) is 12.4. The number of amides is 3. The van der Waals surface area contributed by atoms with Crippen molar-refractivity contribution in [1.82, 2.24) is 4.90 Å². The number of nitrogens with one attached hydrogen (secondary N) is 1. The van der Waals surface area contributed by atoms with E-state index in [4.69, 9.17) is 16.3 Å². The van der Waals surface area contributed by atoms with E-state index in [0.717, 1.165) is 30.6 Å². The van der Waals surface area contributed by atoms with Gasteiger partial charge in [0.1, 0.15) is 10.7 Å². The van der Waals surface area contributed by atoms with E-state index in [0.29, 0.717) is 16.8 Å². The van der Waals surface area contributed by atoms with Gasteiger partial charge in [-0.15, -0.1) is 0 Å². The van der Waals surface area contributed by atoms with E-state index < -0.39 is 17.8 Å². The van der Waals surface area contributed by atoms with Crippen LogP contribution in [0.4, 0.5) is 11.4 Å². The Labute approximate surface area is 214 Å². The molecule has 9 heteroatoms. The van der Waals surface area contributed by atoms with E-state index >= 15 is 0 Å². The van der Waals surface area contributed by atoms with Crippen molar-refractivity contribution in [3.8, 4) is 0 Å². The molecule has 3 amide bonds. The Balaban J connectivity index is 1.45. The van der Waals surface area contributed by atoms with E-state index in [-0.39, 0.29) is 35.0 Å². The zero-order valence-electron chi connectivity index (χ0n) is 20.3. The summed E-state index contributed by atoms with van der Waals surface area (Å²) in [6, 6.07) is 12.9. The third kappa shape index (κ3) is 5.14. The number of carbonyl (C=O) groups is 4. The first-order valence-electron chi connectivity index (χ1n) is 12.0. The molecule has 1 fully saturated rings. The van der Waals surface area contributed by atoms with Crippen molar-refractivity contribution in [1.29, 1.82) is 0 Å². The first-order chi connectivity index (χ1) is 17.3. The molecule has 1 heterocycles. The van der Waals surface area contributed by atoms with Gasteiger partial charge < -0.3 is 15.0 Å². The lowest BCUT2D eigenvalue weighted by atomic mass is 9.94. The maximum atomic E-state index is 13.0. The molecule has 0 aromatic heterocycles. The third-order valence-corrected chi connectivity index (χ3v) is 6.86. The van der Waals surface area contributed by atoms with Gasteiger partial charge in [-0.2, -0.15) is 0 Å². The lowest BCUT2D eigenvalue weighted by Crippen LogP contribution is -2.38. The predicted octanol–water partition coefficient (Wildman–Crippen LogP) is 4.70. The highest BCUT2D eigenvalue weighted by Crippen LogP contribution is 2.30. The van der Waals surface area contributed by atoms with Gasteiger partial charge in [0.15, 0.2) is 0 Å². The average molecular weight is 510 g/mol. The van der Waals surface area contributed by atoms with Crippen LogP contribution in [-0.4, -0.2) is 48.3 Å². The van der Waals surface area contributed by atoms with Crippen LogP contribution < -0.4 is 10.2 Å². The summed E-state index contributed by atoms with van der Waals surface area (Å²) in [7, 11) is 1.84. The maximum absolute atomic E-state index is 13.0. The van der Waals surface area contributed by atoms with Crippen LogP contribution in [0.5, 0.6) is 0 Å². The molecule has 2 aromatic rings. The van der Waals surface area contributed by atoms with E-state index in [1.807, 2.05) is 11.9 Å². The quantitative estimate of drug-likeness (QED) is 0.429. The molecule has 2 aliphatic rings. The van der Waals surface area contributed by atoms with Crippen molar-refractivity contribution in [3.05, 3.63) is 70.4 Å². The van der Waals surface area contributed by atoms with Gasteiger partial charge in [-0.3, -0.25) is 14.4 Å². The zero-order chi connectivity index (χ0) is 25.8. The number of imide groups is 1. The molecule has 1 saturated carbocycles. The molecule has 1 N–H and O–H groups in total. The minimum Gasteiger partial charge on any atom is -0.462 e. The summed E-state index contributed by atoms with van der Waals surface area (Å²) in [6.45, 7) is 1.95. The fourth-order valence-corrected chi connectivity index (χ4v) is 4.70. The van der Waals surface area contributed by atoms with Gasteiger partial charge in [0, 0.05) is 24.3 Å². The van der Waals surface area contributed by atoms with Gasteiger partial charge >= 0.3 is 5.97 Å². The summed E-state index contributed by atoms with van der Waals surface area (Å²) in [5.74, 6) is -1.83. The normalized spacial score (nSPS) is 16.4. The van der Waals surface area contributed by atoms with Gasteiger partial charge in [0.25, 0.3) is 17.7 Å². The molecule has 188 valence electrons. The standard InChI is InChI=1S/C27H28ClN3O5/c1-3-36-27(35)18-11-15-21(16-12-18)31-25(33)22(28)23(26(31)34)29-19-13-9-17(10-14-19)24(32)30(2)20-7-5-4-6-8-20/h9-16,20,29H,3-8H2,1-2H3. The number of rotatable bonds is 7. The minimum atomic E-state index is -0.672. The van der Waals surface area contributed by atoms with Crippen LogP contribution in [0.25, 0.3) is 0 Å². The van der Waals surface area contributed by atoms with Crippen molar-refractivity contribution >= 4 is 46.7 Å². The molecule has 0 spiro atoms. The highest BCUT2D eigenvalue weighted by Gasteiger charge is 2.39. The molecule has 36 heavy (non-hydrogen) atoms. The van der Waals surface area contributed by atoms with Gasteiger partial charge in [-0.1, -0.05) is 30.9 Å². The fraction of sp³-hybridized carbons (Fsp3) is 0.333. The number of benzene rings is 2. The van der Waals surface area contributed by atoms with E-state index in [2.05, 4.69) is 5.32 Å². The molecule has 0 atom stereocenters. The molecule has 2 aromatic carbocycles. The number of halogens is 1. The second-order valence-electron chi connectivity index (χ2n) is 8.81. The summed E-state index contributed by atoms with van der Waals surface area (Å²) >= 11 is 6.22. The topological polar surface area (TPSA) is 96.0 Å². The van der Waals surface area contributed by atoms with Gasteiger partial charge in [-0.25, -0.2) is 9.69 Å². The Morgan fingerprint density at radius 1 is 0.972 bits per heavy atom. The molecule has 1 aliphatic heterocycles. The van der Waals surface area contributed by atoms with Gasteiger partial charge in [0.05, 0.1) is 17.9 Å². The van der Waals surface area contributed by atoms with Crippen molar-refractivity contribution in [2.75, 3.05) is 23.9 Å². The molecule has 0 saturated heterocycles. The molecule has 8 nitrogen and oxygen atoms in total. The molecular weight excluding hydrogens is 482 g/mol. The van der Waals surface area contributed by atoms with Crippen molar-refractivity contribution in [3.63, 3.8) is 0 Å². The first kappa shape index (κ1) is 25.4. The largest absolute Gasteiger partial charge is 0.462 e. The summed E-state index contributed by atoms with van der Waals surface area (Å²) in [6.07, 6.45) is 5.54. The minimum absolute atomic E-state index is 0.0461. The summed E-state index contributed by atoms with van der Waals surface area (Å²) < 4.78 is 4.95. The molecule has 1 aliphatic carbocycles. The third-order valence-electron chi connectivity index (χ3n) is 6.51. The monoisotopic (exact) mass is 509 g/mol. The summed E-state index contributed by atoms with van der Waals surface area (Å²) in [5, 5.41) is 2.67. The van der Waals surface area contributed by atoms with Gasteiger partial charge in [-0.05, 0) is 68.3 Å². The Morgan fingerprint density at radius 2 is 1.58 bits per heavy atom. The number of esters is 1. The molecule has 0 radical (unpaired) electrons. The lowest BCUT2D eigenvalue weighted by Gasteiger charge is -2.31. The van der Waals surface area contributed by atoms with Crippen LogP contribution >= 0.6 is 11.6 Å². The Kier molecular flexibility index (Phi) is 7.74. The molecule has 0 unspecified atom stereocenters. The van der Waals surface area contributed by atoms with Crippen LogP contribution in [0.3, 0.4) is 0 Å². The maximum Gasteiger partial charge on any atom is 0.338 e. The van der Waals surface area contributed by atoms with Crippen molar-refractivity contribution in [2.45, 2.75) is 45.1 Å². The number of ether oxygens (including phenoxy) is 1. The summed E-state index contributed by atoms with van der Waals surface area (Å²) in [5.41, 5.74) is 1.58. The highest BCUT2D eigenvalue weighted by atomic mass is 35.5. The van der Waals surface area contributed by atoms with E-state index in [9.17, 15) is 19.2 Å². The molecular formula is C27H28ClN3O5. The number of hydrogen-bond donors (Lipinski definition) is 1. The SMILES string of the molecule is CCOC(=O)c1ccc(N2C(=O)C(Cl)=C(Nc3ccc(C(=O)N(C)C4CCCCC4)cc3)C2=O)cc1. The smallest absolute Gasteiger partial charge is 0.338 e. The van der Waals surface area contributed by atoms with E-state index in [1.54, 1.807) is 31.2 Å². The Hall–Kier alpha value is -3.65. The summed E-state index contributed by atoms with van der Waals surface area (Å²) in [4.78, 5) is 53.3. The van der Waals surface area contributed by atoms with Crippen molar-refractivity contribution < 1.29 is 23.9 Å². The van der Waals surface area contributed by atoms with Crippen LogP contribution in [0.2, 0.25) is 0 Å². The van der Waals surface area contributed by atoms with Crippen LogP contribution in [0.15, 0.2) is 59.3 Å². The van der Waals surface area contributed by atoms with Crippen LogP contribution in [0, 0.1) is 0 Å². The number of nitrogens with zero attached hydrogens (tertiary/aromatic N) is 2. The Morgan fingerprint density at radius 3 is 2.19 bits per heavy atom. The van der Waals surface area contributed by atoms with Crippen LogP contribution in [0.1, 0.15) is 59.7 Å². The van der Waals surface area contributed by atoms with Crippen LogP contribution in [-0.2, 0) is 14.3 Å². The molecule has 4 rings (SSSR count). The lowest BCUT2D eigenvalue weighted by molar-refractivity contribution is -0.120. The second kappa shape index (κ2) is 11.0.